The summed E-state index contributed by atoms with van der Waals surface area (Å²) in [5.41, 5.74) is -1.15. The SMILES string of the molecule is CN(C)C(=O)CNS(=O)(=O)c1ccc2[nH]c(=O)[nH]c(=O)c2c1. The van der Waals surface area contributed by atoms with Gasteiger partial charge in [-0.15, -0.1) is 0 Å². The molecule has 0 saturated carbocycles. The molecule has 2 aromatic rings. The fourth-order valence-electron chi connectivity index (χ4n) is 1.71. The lowest BCUT2D eigenvalue weighted by molar-refractivity contribution is -0.127. The highest BCUT2D eigenvalue weighted by Gasteiger charge is 2.17. The number of carbonyl (C=O) groups excluding carboxylic acids is 1. The minimum absolute atomic E-state index is 0.0291. The molecular formula is C12H14N4O5S. The first-order valence-electron chi connectivity index (χ1n) is 6.17. The van der Waals surface area contributed by atoms with Crippen LogP contribution in [0.25, 0.3) is 10.9 Å². The number of amides is 1. The Morgan fingerprint density at radius 2 is 1.91 bits per heavy atom. The summed E-state index contributed by atoms with van der Waals surface area (Å²) in [5.74, 6) is -0.411. The summed E-state index contributed by atoms with van der Waals surface area (Å²) in [6, 6.07) is 3.68. The third-order valence-corrected chi connectivity index (χ3v) is 4.33. The average Bonchev–Trinajstić information content (AvgIpc) is 2.44. The summed E-state index contributed by atoms with van der Waals surface area (Å²) >= 11 is 0. The molecule has 0 spiro atoms. The van der Waals surface area contributed by atoms with E-state index in [1.807, 2.05) is 4.98 Å². The van der Waals surface area contributed by atoms with Gasteiger partial charge in [-0.2, -0.15) is 0 Å². The van der Waals surface area contributed by atoms with Crippen LogP contribution in [0.4, 0.5) is 0 Å². The molecule has 0 bridgehead atoms. The van der Waals surface area contributed by atoms with E-state index in [0.717, 1.165) is 6.07 Å². The molecule has 0 unspecified atom stereocenters. The van der Waals surface area contributed by atoms with Gasteiger partial charge in [0.25, 0.3) is 5.56 Å². The van der Waals surface area contributed by atoms with Crippen LogP contribution in [0.15, 0.2) is 32.7 Å². The minimum Gasteiger partial charge on any atom is -0.348 e. The van der Waals surface area contributed by atoms with Crippen molar-refractivity contribution in [3.05, 3.63) is 39.0 Å². The van der Waals surface area contributed by atoms with Gasteiger partial charge in [-0.3, -0.25) is 14.6 Å². The Balaban J connectivity index is 2.40. The smallest absolute Gasteiger partial charge is 0.326 e. The second kappa shape index (κ2) is 5.73. The highest BCUT2D eigenvalue weighted by Crippen LogP contribution is 2.13. The molecule has 0 atom stereocenters. The Kier molecular flexibility index (Phi) is 4.15. The maximum Gasteiger partial charge on any atom is 0.326 e. The number of carbonyl (C=O) groups is 1. The Morgan fingerprint density at radius 3 is 2.55 bits per heavy atom. The number of nitrogens with one attached hydrogen (secondary N) is 3. The zero-order valence-corrected chi connectivity index (χ0v) is 12.7. The average molecular weight is 326 g/mol. The molecule has 118 valence electrons. The van der Waals surface area contributed by atoms with Gasteiger partial charge in [0, 0.05) is 14.1 Å². The molecule has 0 radical (unpaired) electrons. The maximum atomic E-state index is 12.1. The molecule has 1 heterocycles. The van der Waals surface area contributed by atoms with E-state index in [1.165, 1.54) is 31.1 Å². The topological polar surface area (TPSA) is 132 Å². The minimum atomic E-state index is -3.95. The van der Waals surface area contributed by atoms with Crippen LogP contribution < -0.4 is 16.0 Å². The Morgan fingerprint density at radius 1 is 1.23 bits per heavy atom. The lowest BCUT2D eigenvalue weighted by Gasteiger charge is -2.11. The Hall–Kier alpha value is -2.46. The molecule has 1 amide bonds. The van der Waals surface area contributed by atoms with E-state index >= 15 is 0 Å². The van der Waals surface area contributed by atoms with Crippen molar-refractivity contribution in [3.8, 4) is 0 Å². The third-order valence-electron chi connectivity index (χ3n) is 2.93. The van der Waals surface area contributed by atoms with Crippen LogP contribution in [0, 0.1) is 0 Å². The van der Waals surface area contributed by atoms with Gasteiger partial charge in [-0.25, -0.2) is 17.9 Å². The van der Waals surface area contributed by atoms with Crippen molar-refractivity contribution < 1.29 is 13.2 Å². The number of hydrogen-bond donors (Lipinski definition) is 3. The lowest BCUT2D eigenvalue weighted by atomic mass is 10.2. The predicted molar refractivity (Wildman–Crippen MR) is 79.1 cm³/mol. The monoisotopic (exact) mass is 326 g/mol. The zero-order valence-electron chi connectivity index (χ0n) is 11.8. The van der Waals surface area contributed by atoms with Gasteiger partial charge in [0.15, 0.2) is 0 Å². The molecule has 10 heteroatoms. The molecule has 1 aromatic heterocycles. The molecule has 2 rings (SSSR count). The largest absolute Gasteiger partial charge is 0.348 e. The van der Waals surface area contributed by atoms with Crippen LogP contribution in [0.3, 0.4) is 0 Å². The van der Waals surface area contributed by atoms with Gasteiger partial charge in [0.05, 0.1) is 22.3 Å². The number of aromatic nitrogens is 2. The number of rotatable bonds is 4. The molecule has 22 heavy (non-hydrogen) atoms. The van der Waals surface area contributed by atoms with E-state index in [-0.39, 0.29) is 15.8 Å². The molecule has 9 nitrogen and oxygen atoms in total. The van der Waals surface area contributed by atoms with Gasteiger partial charge in [0.1, 0.15) is 0 Å². The first-order chi connectivity index (χ1) is 10.2. The zero-order chi connectivity index (χ0) is 16.5. The van der Waals surface area contributed by atoms with Gasteiger partial charge < -0.3 is 9.88 Å². The standard InChI is InChI=1S/C12H14N4O5S/c1-16(2)10(17)6-13-22(20,21)7-3-4-9-8(5-7)11(18)15-12(19)14-9/h3-5,13H,6H2,1-2H3,(H2,14,15,18,19). The third kappa shape index (κ3) is 3.23. The highest BCUT2D eigenvalue weighted by atomic mass is 32.2. The number of aromatic amines is 2. The van der Waals surface area contributed by atoms with Gasteiger partial charge in [-0.1, -0.05) is 0 Å². The van der Waals surface area contributed by atoms with Gasteiger partial charge >= 0.3 is 5.69 Å². The number of benzene rings is 1. The fraction of sp³-hybridized carbons (Fsp3) is 0.250. The second-order valence-corrected chi connectivity index (χ2v) is 6.50. The molecule has 0 aliphatic carbocycles. The van der Waals surface area contributed by atoms with Gasteiger partial charge in [-0.05, 0) is 18.2 Å². The number of likely N-dealkylation sites (N-methyl/N-ethyl adjacent to an activating group) is 1. The number of nitrogens with zero attached hydrogens (tertiary/aromatic N) is 1. The van der Waals surface area contributed by atoms with Crippen LogP contribution in [0.5, 0.6) is 0 Å². The summed E-state index contributed by atoms with van der Waals surface area (Å²) in [7, 11) is -0.944. The molecule has 0 fully saturated rings. The highest BCUT2D eigenvalue weighted by molar-refractivity contribution is 7.89. The lowest BCUT2D eigenvalue weighted by Crippen LogP contribution is -2.36. The van der Waals surface area contributed by atoms with E-state index in [1.54, 1.807) is 0 Å². The summed E-state index contributed by atoms with van der Waals surface area (Å²) in [5, 5.41) is 0.0291. The second-order valence-electron chi connectivity index (χ2n) is 4.73. The van der Waals surface area contributed by atoms with E-state index in [9.17, 15) is 22.8 Å². The van der Waals surface area contributed by atoms with E-state index < -0.39 is 33.7 Å². The van der Waals surface area contributed by atoms with Crippen LogP contribution in [-0.4, -0.2) is 49.8 Å². The van der Waals surface area contributed by atoms with Crippen molar-refractivity contribution in [2.45, 2.75) is 4.90 Å². The molecule has 0 aliphatic rings. The molecule has 1 aromatic carbocycles. The van der Waals surface area contributed by atoms with Crippen molar-refractivity contribution in [1.82, 2.24) is 19.6 Å². The molecule has 3 N–H and O–H groups in total. The summed E-state index contributed by atoms with van der Waals surface area (Å²) in [6.07, 6.45) is 0. The van der Waals surface area contributed by atoms with Crippen LogP contribution in [0.1, 0.15) is 0 Å². The summed E-state index contributed by atoms with van der Waals surface area (Å²) in [4.78, 5) is 39.7. The van der Waals surface area contributed by atoms with Crippen molar-refractivity contribution in [2.24, 2.45) is 0 Å². The van der Waals surface area contributed by atoms with Crippen LogP contribution in [0.2, 0.25) is 0 Å². The molecule has 0 saturated heterocycles. The van der Waals surface area contributed by atoms with E-state index in [2.05, 4.69) is 9.71 Å². The van der Waals surface area contributed by atoms with Crippen LogP contribution >= 0.6 is 0 Å². The number of H-pyrrole nitrogens is 2. The first kappa shape index (κ1) is 15.9. The molecular weight excluding hydrogens is 312 g/mol. The van der Waals surface area contributed by atoms with Crippen molar-refractivity contribution in [3.63, 3.8) is 0 Å². The van der Waals surface area contributed by atoms with Crippen molar-refractivity contribution >= 4 is 26.8 Å². The van der Waals surface area contributed by atoms with Gasteiger partial charge in [0.2, 0.25) is 15.9 Å². The van der Waals surface area contributed by atoms with E-state index in [0.29, 0.717) is 0 Å². The Bertz CT molecular complexity index is 942. The van der Waals surface area contributed by atoms with Crippen molar-refractivity contribution in [1.29, 1.82) is 0 Å². The fourth-order valence-corrected chi connectivity index (χ4v) is 2.71. The molecule has 0 aliphatic heterocycles. The number of fused-ring (bicyclic) bond motifs is 1. The number of hydrogen-bond acceptors (Lipinski definition) is 5. The first-order valence-corrected chi connectivity index (χ1v) is 7.65. The normalized spacial score (nSPS) is 11.5. The summed E-state index contributed by atoms with van der Waals surface area (Å²) < 4.78 is 26.4. The van der Waals surface area contributed by atoms with Crippen molar-refractivity contribution in [2.75, 3.05) is 20.6 Å². The van der Waals surface area contributed by atoms with Crippen LogP contribution in [-0.2, 0) is 14.8 Å². The Labute approximate surface area is 125 Å². The van der Waals surface area contributed by atoms with E-state index in [4.69, 9.17) is 0 Å². The quantitative estimate of drug-likeness (QED) is 0.634. The summed E-state index contributed by atoms with van der Waals surface area (Å²) in [6.45, 7) is -0.394. The number of sulfonamides is 1. The maximum absolute atomic E-state index is 12.1. The predicted octanol–water partition coefficient (Wildman–Crippen LogP) is -1.42.